The zero-order valence-corrected chi connectivity index (χ0v) is 12.0. The number of aromatic carboxylic acids is 1. The third-order valence-corrected chi connectivity index (χ3v) is 3.57. The summed E-state index contributed by atoms with van der Waals surface area (Å²) in [6.07, 6.45) is 1.92. The van der Waals surface area contributed by atoms with E-state index < -0.39 is 5.97 Å². The van der Waals surface area contributed by atoms with Crippen molar-refractivity contribution < 1.29 is 19.4 Å². The van der Waals surface area contributed by atoms with Crippen LogP contribution < -0.4 is 10.6 Å². The van der Waals surface area contributed by atoms with Crippen LogP contribution in [0.15, 0.2) is 18.2 Å². The molecule has 0 unspecified atom stereocenters. The van der Waals surface area contributed by atoms with Crippen LogP contribution in [0.25, 0.3) is 0 Å². The maximum Gasteiger partial charge on any atom is 0.336 e. The molecule has 6 nitrogen and oxygen atoms in total. The first-order chi connectivity index (χ1) is 10.1. The van der Waals surface area contributed by atoms with Gasteiger partial charge in [-0.15, -0.1) is 0 Å². The summed E-state index contributed by atoms with van der Waals surface area (Å²) in [5.74, 6) is -1.27. The largest absolute Gasteiger partial charge is 0.478 e. The number of amides is 1. The first-order valence-corrected chi connectivity index (χ1v) is 7.03. The van der Waals surface area contributed by atoms with Crippen molar-refractivity contribution in [2.75, 3.05) is 25.0 Å². The van der Waals surface area contributed by atoms with E-state index in [1.54, 1.807) is 19.1 Å². The van der Waals surface area contributed by atoms with Gasteiger partial charge in [0.25, 0.3) is 0 Å². The molecule has 1 saturated heterocycles. The first kappa shape index (κ1) is 15.5. The molecule has 3 N–H and O–H groups in total. The van der Waals surface area contributed by atoms with Crippen molar-refractivity contribution in [1.82, 2.24) is 5.32 Å². The summed E-state index contributed by atoms with van der Waals surface area (Å²) in [7, 11) is 0. The van der Waals surface area contributed by atoms with E-state index in [2.05, 4.69) is 10.6 Å². The summed E-state index contributed by atoms with van der Waals surface area (Å²) in [6, 6.07) is 4.81. The van der Waals surface area contributed by atoms with E-state index in [-0.39, 0.29) is 24.2 Å². The number of carbonyl (C=O) groups excluding carboxylic acids is 1. The molecule has 1 aromatic carbocycles. The van der Waals surface area contributed by atoms with Gasteiger partial charge in [0.15, 0.2) is 0 Å². The van der Waals surface area contributed by atoms with Gasteiger partial charge in [-0.05, 0) is 50.6 Å². The predicted molar refractivity (Wildman–Crippen MR) is 78.6 cm³/mol. The van der Waals surface area contributed by atoms with Gasteiger partial charge in [0.1, 0.15) is 6.61 Å². The second-order valence-electron chi connectivity index (χ2n) is 5.09. The van der Waals surface area contributed by atoms with E-state index in [4.69, 9.17) is 9.84 Å². The number of carboxylic acid groups (broad SMARTS) is 1. The molecule has 0 bridgehead atoms. The highest BCUT2D eigenvalue weighted by Gasteiger charge is 2.16. The monoisotopic (exact) mass is 292 g/mol. The fourth-order valence-corrected chi connectivity index (χ4v) is 2.34. The van der Waals surface area contributed by atoms with Crippen molar-refractivity contribution in [3.05, 3.63) is 29.3 Å². The van der Waals surface area contributed by atoms with Crippen LogP contribution in [0.4, 0.5) is 5.69 Å². The van der Waals surface area contributed by atoms with Gasteiger partial charge >= 0.3 is 5.97 Å². The number of piperidine rings is 1. The lowest BCUT2D eigenvalue weighted by Gasteiger charge is -2.22. The quantitative estimate of drug-likeness (QED) is 0.763. The molecule has 2 rings (SSSR count). The Morgan fingerprint density at radius 1 is 1.38 bits per heavy atom. The van der Waals surface area contributed by atoms with Crippen LogP contribution in [-0.4, -0.2) is 42.8 Å². The van der Waals surface area contributed by atoms with Gasteiger partial charge in [-0.2, -0.15) is 0 Å². The molecule has 1 fully saturated rings. The van der Waals surface area contributed by atoms with Gasteiger partial charge in [-0.1, -0.05) is 6.07 Å². The Bertz CT molecular complexity index is 524. The average Bonchev–Trinajstić information content (AvgIpc) is 2.48. The SMILES string of the molecule is Cc1c(NC(=O)COC2CCNCC2)cccc1C(=O)O. The minimum Gasteiger partial charge on any atom is -0.478 e. The Hall–Kier alpha value is -1.92. The topological polar surface area (TPSA) is 87.7 Å². The highest BCUT2D eigenvalue weighted by molar-refractivity contribution is 5.96. The third kappa shape index (κ3) is 4.27. The summed E-state index contributed by atoms with van der Waals surface area (Å²) < 4.78 is 5.57. The molecule has 0 saturated carbocycles. The highest BCUT2D eigenvalue weighted by atomic mass is 16.5. The maximum atomic E-state index is 11.9. The van der Waals surface area contributed by atoms with E-state index in [1.165, 1.54) is 6.07 Å². The molecule has 1 heterocycles. The number of hydrogen-bond donors (Lipinski definition) is 3. The van der Waals surface area contributed by atoms with Crippen molar-refractivity contribution in [1.29, 1.82) is 0 Å². The number of rotatable bonds is 5. The lowest BCUT2D eigenvalue weighted by molar-refractivity contribution is -0.123. The Balaban J connectivity index is 1.90. The van der Waals surface area contributed by atoms with E-state index in [9.17, 15) is 9.59 Å². The van der Waals surface area contributed by atoms with Gasteiger partial charge in [0, 0.05) is 5.69 Å². The molecule has 6 heteroatoms. The van der Waals surface area contributed by atoms with Crippen LogP contribution in [-0.2, 0) is 9.53 Å². The van der Waals surface area contributed by atoms with Crippen molar-refractivity contribution in [2.45, 2.75) is 25.9 Å². The average molecular weight is 292 g/mol. The number of ether oxygens (including phenoxy) is 1. The van der Waals surface area contributed by atoms with E-state index in [0.29, 0.717) is 11.3 Å². The van der Waals surface area contributed by atoms with E-state index >= 15 is 0 Å². The first-order valence-electron chi connectivity index (χ1n) is 7.03. The van der Waals surface area contributed by atoms with Crippen LogP contribution in [0, 0.1) is 6.92 Å². The molecule has 1 aromatic rings. The van der Waals surface area contributed by atoms with Crippen LogP contribution in [0.3, 0.4) is 0 Å². The van der Waals surface area contributed by atoms with Crippen LogP contribution >= 0.6 is 0 Å². The Labute approximate surface area is 123 Å². The van der Waals surface area contributed by atoms with Gasteiger partial charge in [0.2, 0.25) is 5.91 Å². The van der Waals surface area contributed by atoms with Crippen molar-refractivity contribution in [2.24, 2.45) is 0 Å². The molecule has 0 radical (unpaired) electrons. The zero-order valence-electron chi connectivity index (χ0n) is 12.0. The fraction of sp³-hybridized carbons (Fsp3) is 0.467. The Kier molecular flexibility index (Phi) is 5.30. The molecular formula is C15H20N2O4. The lowest BCUT2D eigenvalue weighted by Crippen LogP contribution is -2.34. The second-order valence-corrected chi connectivity index (χ2v) is 5.09. The lowest BCUT2D eigenvalue weighted by atomic mass is 10.1. The molecule has 0 spiro atoms. The highest BCUT2D eigenvalue weighted by Crippen LogP contribution is 2.19. The van der Waals surface area contributed by atoms with Crippen molar-refractivity contribution >= 4 is 17.6 Å². The summed E-state index contributed by atoms with van der Waals surface area (Å²) in [5.41, 5.74) is 1.24. The molecular weight excluding hydrogens is 272 g/mol. The molecule has 0 atom stereocenters. The molecule has 1 amide bonds. The van der Waals surface area contributed by atoms with E-state index in [1.807, 2.05) is 0 Å². The fourth-order valence-electron chi connectivity index (χ4n) is 2.34. The smallest absolute Gasteiger partial charge is 0.336 e. The number of benzene rings is 1. The molecule has 21 heavy (non-hydrogen) atoms. The van der Waals surface area contributed by atoms with E-state index in [0.717, 1.165) is 25.9 Å². The van der Waals surface area contributed by atoms with Crippen molar-refractivity contribution in [3.8, 4) is 0 Å². The molecule has 114 valence electrons. The predicted octanol–water partition coefficient (Wildman–Crippen LogP) is 1.40. The summed E-state index contributed by atoms with van der Waals surface area (Å²) in [6.45, 7) is 3.48. The number of nitrogens with one attached hydrogen (secondary N) is 2. The van der Waals surface area contributed by atoms with Gasteiger partial charge in [0.05, 0.1) is 11.7 Å². The molecule has 0 aromatic heterocycles. The molecule has 1 aliphatic heterocycles. The normalized spacial score (nSPS) is 15.7. The summed E-state index contributed by atoms with van der Waals surface area (Å²) >= 11 is 0. The standard InChI is InChI=1S/C15H20N2O4/c1-10-12(15(19)20)3-2-4-13(10)17-14(18)9-21-11-5-7-16-8-6-11/h2-4,11,16H,5-9H2,1H3,(H,17,18)(H,19,20). The number of carbonyl (C=O) groups is 2. The van der Waals surface area contributed by atoms with Gasteiger partial charge < -0.3 is 20.5 Å². The van der Waals surface area contributed by atoms with Crippen LogP contribution in [0.5, 0.6) is 0 Å². The second kappa shape index (κ2) is 7.19. The van der Waals surface area contributed by atoms with Crippen LogP contribution in [0.2, 0.25) is 0 Å². The van der Waals surface area contributed by atoms with Gasteiger partial charge in [-0.25, -0.2) is 4.79 Å². The number of carboxylic acids is 1. The number of hydrogen-bond acceptors (Lipinski definition) is 4. The van der Waals surface area contributed by atoms with Crippen molar-refractivity contribution in [3.63, 3.8) is 0 Å². The minimum atomic E-state index is -1.01. The Morgan fingerprint density at radius 3 is 2.76 bits per heavy atom. The maximum absolute atomic E-state index is 11.9. The summed E-state index contributed by atoms with van der Waals surface area (Å²) in [4.78, 5) is 22.9. The Morgan fingerprint density at radius 2 is 2.10 bits per heavy atom. The molecule has 0 aliphatic carbocycles. The third-order valence-electron chi connectivity index (χ3n) is 3.57. The van der Waals surface area contributed by atoms with Gasteiger partial charge in [-0.3, -0.25) is 4.79 Å². The molecule has 1 aliphatic rings. The zero-order chi connectivity index (χ0) is 15.2. The number of anilines is 1. The van der Waals surface area contributed by atoms with Crippen LogP contribution in [0.1, 0.15) is 28.8 Å². The summed E-state index contributed by atoms with van der Waals surface area (Å²) in [5, 5.41) is 15.0. The minimum absolute atomic E-state index is 0.0125.